The third kappa shape index (κ3) is 5.55. The first-order chi connectivity index (χ1) is 10.3. The lowest BCUT2D eigenvalue weighted by Crippen LogP contribution is -2.20. The molecule has 1 aromatic carbocycles. The van der Waals surface area contributed by atoms with E-state index in [4.69, 9.17) is 0 Å². The number of phenolic OH excluding ortho intramolecular Hbond substituents is 1. The highest BCUT2D eigenvalue weighted by Gasteiger charge is 2.27. The monoisotopic (exact) mass is 318 g/mol. The molecule has 0 radical (unpaired) electrons. The molecule has 0 aliphatic rings. The molecular formula is C22H38O. The Morgan fingerprint density at radius 2 is 1.43 bits per heavy atom. The lowest BCUT2D eigenvalue weighted by molar-refractivity contribution is 0.314. The van der Waals surface area contributed by atoms with Gasteiger partial charge in [0.15, 0.2) is 0 Å². The van der Waals surface area contributed by atoms with Crippen molar-refractivity contribution < 1.29 is 5.11 Å². The second-order valence-corrected chi connectivity index (χ2v) is 9.98. The van der Waals surface area contributed by atoms with Gasteiger partial charge in [0.25, 0.3) is 0 Å². The molecule has 1 N–H and O–H groups in total. The maximum absolute atomic E-state index is 10.9. The molecule has 0 atom stereocenters. The Hall–Kier alpha value is -0.980. The third-order valence-corrected chi connectivity index (χ3v) is 4.74. The van der Waals surface area contributed by atoms with Crippen LogP contribution in [-0.4, -0.2) is 5.11 Å². The van der Waals surface area contributed by atoms with Crippen LogP contribution in [0.1, 0.15) is 98.3 Å². The van der Waals surface area contributed by atoms with Gasteiger partial charge in [0.1, 0.15) is 5.75 Å². The summed E-state index contributed by atoms with van der Waals surface area (Å²) in [5.41, 5.74) is 3.78. The van der Waals surface area contributed by atoms with Gasteiger partial charge in [-0.2, -0.15) is 0 Å². The van der Waals surface area contributed by atoms with Crippen molar-refractivity contribution in [3.8, 4) is 5.75 Å². The number of hydrogen-bond donors (Lipinski definition) is 1. The Bertz CT molecular complexity index is 524. The number of unbranched alkanes of at least 4 members (excludes halogenated alkanes) is 1. The zero-order chi connectivity index (χ0) is 18.1. The highest BCUT2D eigenvalue weighted by Crippen LogP contribution is 2.40. The molecule has 1 heteroatoms. The summed E-state index contributed by atoms with van der Waals surface area (Å²) in [6.45, 7) is 20.2. The van der Waals surface area contributed by atoms with Crippen molar-refractivity contribution in [2.45, 2.75) is 98.8 Å². The zero-order valence-electron chi connectivity index (χ0n) is 16.9. The van der Waals surface area contributed by atoms with Gasteiger partial charge < -0.3 is 5.11 Å². The molecule has 0 aliphatic heterocycles. The number of hydrogen-bond acceptors (Lipinski definition) is 1. The van der Waals surface area contributed by atoms with Crippen molar-refractivity contribution in [1.82, 2.24) is 0 Å². The highest BCUT2D eigenvalue weighted by molar-refractivity contribution is 5.49. The molecule has 0 heterocycles. The van der Waals surface area contributed by atoms with Crippen LogP contribution >= 0.6 is 0 Å². The summed E-state index contributed by atoms with van der Waals surface area (Å²) >= 11 is 0. The molecule has 0 aromatic heterocycles. The lowest BCUT2D eigenvalue weighted by atomic mass is 9.75. The summed E-state index contributed by atoms with van der Waals surface area (Å²) in [5, 5.41) is 10.9. The van der Waals surface area contributed by atoms with E-state index in [1.54, 1.807) is 0 Å². The largest absolute Gasteiger partial charge is 0.507 e. The SMILES string of the molecule is CCCCC(C)(C)Cc1cc(C(C)(C)C)cc(C(C)(C)C)c1O. The fourth-order valence-corrected chi connectivity index (χ4v) is 3.09. The van der Waals surface area contributed by atoms with Gasteiger partial charge in [-0.25, -0.2) is 0 Å². The molecule has 1 aromatic rings. The number of aromatic hydroxyl groups is 1. The van der Waals surface area contributed by atoms with Gasteiger partial charge in [-0.15, -0.1) is 0 Å². The van der Waals surface area contributed by atoms with Crippen molar-refractivity contribution in [1.29, 1.82) is 0 Å². The zero-order valence-corrected chi connectivity index (χ0v) is 16.9. The topological polar surface area (TPSA) is 20.2 Å². The lowest BCUT2D eigenvalue weighted by Gasteiger charge is -2.30. The third-order valence-electron chi connectivity index (χ3n) is 4.74. The van der Waals surface area contributed by atoms with E-state index in [0.29, 0.717) is 5.75 Å². The second-order valence-electron chi connectivity index (χ2n) is 9.98. The first kappa shape index (κ1) is 20.1. The molecule has 0 fully saturated rings. The predicted molar refractivity (Wildman–Crippen MR) is 103 cm³/mol. The summed E-state index contributed by atoms with van der Waals surface area (Å²) in [5.74, 6) is 0.509. The van der Waals surface area contributed by atoms with Gasteiger partial charge in [0, 0.05) is 0 Å². The van der Waals surface area contributed by atoms with E-state index >= 15 is 0 Å². The summed E-state index contributed by atoms with van der Waals surface area (Å²) in [6.07, 6.45) is 4.61. The highest BCUT2D eigenvalue weighted by atomic mass is 16.3. The Labute approximate surface area is 144 Å². The van der Waals surface area contributed by atoms with Crippen LogP contribution in [0.4, 0.5) is 0 Å². The number of phenols is 1. The van der Waals surface area contributed by atoms with E-state index in [9.17, 15) is 5.11 Å². The van der Waals surface area contributed by atoms with E-state index in [0.717, 1.165) is 17.5 Å². The van der Waals surface area contributed by atoms with Gasteiger partial charge >= 0.3 is 0 Å². The van der Waals surface area contributed by atoms with Crippen molar-refractivity contribution in [2.75, 3.05) is 0 Å². The van der Waals surface area contributed by atoms with Crippen LogP contribution in [0.2, 0.25) is 0 Å². The normalized spacial score (nSPS) is 13.4. The quantitative estimate of drug-likeness (QED) is 0.637. The molecule has 0 unspecified atom stereocenters. The van der Waals surface area contributed by atoms with Gasteiger partial charge in [-0.3, -0.25) is 0 Å². The molecule has 0 spiro atoms. The van der Waals surface area contributed by atoms with Crippen molar-refractivity contribution in [2.24, 2.45) is 5.41 Å². The van der Waals surface area contributed by atoms with E-state index in [2.05, 4.69) is 74.4 Å². The van der Waals surface area contributed by atoms with E-state index in [1.807, 2.05) is 0 Å². The van der Waals surface area contributed by atoms with Crippen LogP contribution in [0.5, 0.6) is 5.75 Å². The summed E-state index contributed by atoms with van der Waals surface area (Å²) in [6, 6.07) is 4.44. The summed E-state index contributed by atoms with van der Waals surface area (Å²) in [7, 11) is 0. The molecule has 132 valence electrons. The van der Waals surface area contributed by atoms with Gasteiger partial charge in [0.2, 0.25) is 0 Å². The molecule has 0 aliphatic carbocycles. The Morgan fingerprint density at radius 1 is 0.870 bits per heavy atom. The van der Waals surface area contributed by atoms with E-state index in [1.165, 1.54) is 24.8 Å². The van der Waals surface area contributed by atoms with Crippen LogP contribution in [0.3, 0.4) is 0 Å². The Morgan fingerprint density at radius 3 is 1.87 bits per heavy atom. The fraction of sp³-hybridized carbons (Fsp3) is 0.727. The molecule has 0 amide bonds. The van der Waals surface area contributed by atoms with Crippen molar-refractivity contribution >= 4 is 0 Å². The Kier molecular flexibility index (Phi) is 5.99. The summed E-state index contributed by atoms with van der Waals surface area (Å²) < 4.78 is 0. The minimum atomic E-state index is -0.0480. The molecule has 0 bridgehead atoms. The van der Waals surface area contributed by atoms with Gasteiger partial charge in [-0.1, -0.05) is 87.3 Å². The van der Waals surface area contributed by atoms with Crippen LogP contribution < -0.4 is 0 Å². The predicted octanol–water partition coefficient (Wildman–Crippen LogP) is 6.75. The average molecular weight is 319 g/mol. The summed E-state index contributed by atoms with van der Waals surface area (Å²) in [4.78, 5) is 0. The van der Waals surface area contributed by atoms with Crippen LogP contribution in [0.25, 0.3) is 0 Å². The van der Waals surface area contributed by atoms with Crippen LogP contribution in [-0.2, 0) is 17.3 Å². The molecule has 0 saturated carbocycles. The molecule has 23 heavy (non-hydrogen) atoms. The molecule has 1 nitrogen and oxygen atoms in total. The maximum Gasteiger partial charge on any atom is 0.122 e. The van der Waals surface area contributed by atoms with Crippen molar-refractivity contribution in [3.05, 3.63) is 28.8 Å². The maximum atomic E-state index is 10.9. The Balaban J connectivity index is 3.36. The first-order valence-electron chi connectivity index (χ1n) is 9.15. The minimum absolute atomic E-state index is 0.0480. The average Bonchev–Trinajstić information content (AvgIpc) is 2.36. The van der Waals surface area contributed by atoms with Gasteiger partial charge in [-0.05, 0) is 45.8 Å². The number of rotatable bonds is 5. The first-order valence-corrected chi connectivity index (χ1v) is 9.15. The van der Waals surface area contributed by atoms with Gasteiger partial charge in [0.05, 0.1) is 0 Å². The minimum Gasteiger partial charge on any atom is -0.507 e. The van der Waals surface area contributed by atoms with Crippen molar-refractivity contribution in [3.63, 3.8) is 0 Å². The standard InChI is InChI=1S/C22H38O/c1-10-11-12-22(8,9)15-16-13-17(20(2,3)4)14-18(19(16)23)21(5,6)7/h13-14,23H,10-12,15H2,1-9H3. The molecule has 0 saturated heterocycles. The molecular weight excluding hydrogens is 280 g/mol. The second kappa shape index (κ2) is 6.87. The number of benzene rings is 1. The fourth-order valence-electron chi connectivity index (χ4n) is 3.09. The van der Waals surface area contributed by atoms with E-state index in [-0.39, 0.29) is 16.2 Å². The molecule has 1 rings (SSSR count). The smallest absolute Gasteiger partial charge is 0.122 e. The van der Waals surface area contributed by atoms with Crippen LogP contribution in [0.15, 0.2) is 12.1 Å². The van der Waals surface area contributed by atoms with E-state index < -0.39 is 0 Å². The van der Waals surface area contributed by atoms with Crippen LogP contribution in [0, 0.1) is 5.41 Å².